The highest BCUT2D eigenvalue weighted by Gasteiger charge is 2.70. The van der Waals surface area contributed by atoms with Gasteiger partial charge in [0.2, 0.25) is 5.91 Å². The zero-order valence-corrected chi connectivity index (χ0v) is 30.4. The molecule has 248 valence electrons. The Morgan fingerprint density at radius 3 is 2.09 bits per heavy atom. The standard InChI is InChI=1S/C39H63NO4/c1-23(2)30-26(42)22-39(32(43)40-35(9,10)33(4,5)6)21-20-37(12)25(31(30)39)14-15-28-36(11)18-17-29(44-24(3)41)34(7,8)27(36)16-19-38(28,37)13/h23,27-30H,14-22H2,1-13H3,(H,40,43)/t27?,28?,29-,30?,36-,37+,38+,39+/m0/s1. The van der Waals surface area contributed by atoms with Gasteiger partial charge in [-0.1, -0.05) is 74.8 Å². The number of hydrogen-bond donors (Lipinski definition) is 1. The van der Waals surface area contributed by atoms with Crippen molar-refractivity contribution in [1.29, 1.82) is 0 Å². The number of fused-ring (bicyclic) bond motifs is 6. The lowest BCUT2D eigenvalue weighted by molar-refractivity contribution is -0.213. The summed E-state index contributed by atoms with van der Waals surface area (Å²) in [6.07, 6.45) is 8.40. The second-order valence-electron chi connectivity index (χ2n) is 19.1. The summed E-state index contributed by atoms with van der Waals surface area (Å²) < 4.78 is 5.93. The number of allylic oxidation sites excluding steroid dienone is 1. The number of rotatable bonds is 4. The molecule has 4 fully saturated rings. The van der Waals surface area contributed by atoms with E-state index in [0.29, 0.717) is 18.3 Å². The van der Waals surface area contributed by atoms with Crippen LogP contribution in [0.25, 0.3) is 0 Å². The summed E-state index contributed by atoms with van der Waals surface area (Å²) in [5.41, 5.74) is 1.58. The van der Waals surface area contributed by atoms with E-state index in [1.54, 1.807) is 6.92 Å². The molecule has 0 aliphatic heterocycles. The molecule has 1 N–H and O–H groups in total. The van der Waals surface area contributed by atoms with Crippen LogP contribution in [-0.2, 0) is 19.1 Å². The van der Waals surface area contributed by atoms with E-state index < -0.39 is 11.0 Å². The monoisotopic (exact) mass is 609 g/mol. The van der Waals surface area contributed by atoms with Crippen molar-refractivity contribution in [2.24, 2.45) is 56.2 Å². The lowest BCUT2D eigenvalue weighted by Crippen LogP contribution is -2.64. The van der Waals surface area contributed by atoms with Crippen molar-refractivity contribution in [2.45, 2.75) is 159 Å². The van der Waals surface area contributed by atoms with Crippen LogP contribution in [0.5, 0.6) is 0 Å². The fraction of sp³-hybridized carbons (Fsp3) is 0.872. The smallest absolute Gasteiger partial charge is 0.302 e. The third-order valence-electron chi connectivity index (χ3n) is 15.3. The molecule has 5 heteroatoms. The predicted octanol–water partition coefficient (Wildman–Crippen LogP) is 8.84. The fourth-order valence-corrected chi connectivity index (χ4v) is 11.8. The maximum Gasteiger partial charge on any atom is 0.302 e. The summed E-state index contributed by atoms with van der Waals surface area (Å²) in [5, 5.41) is 3.49. The normalized spacial score (nSPS) is 41.8. The van der Waals surface area contributed by atoms with Gasteiger partial charge in [0.15, 0.2) is 0 Å². The second kappa shape index (κ2) is 10.2. The first-order valence-corrected chi connectivity index (χ1v) is 17.8. The summed E-state index contributed by atoms with van der Waals surface area (Å²) >= 11 is 0. The van der Waals surface area contributed by atoms with Crippen molar-refractivity contribution in [1.82, 2.24) is 5.32 Å². The number of hydrogen-bond acceptors (Lipinski definition) is 4. The Kier molecular flexibility index (Phi) is 7.79. The van der Waals surface area contributed by atoms with Gasteiger partial charge in [0.1, 0.15) is 11.9 Å². The second-order valence-corrected chi connectivity index (χ2v) is 19.1. The molecule has 5 aliphatic carbocycles. The number of ether oxygens (including phenoxy) is 1. The Morgan fingerprint density at radius 1 is 0.886 bits per heavy atom. The van der Waals surface area contributed by atoms with Gasteiger partial charge < -0.3 is 10.1 Å². The maximum absolute atomic E-state index is 14.6. The van der Waals surface area contributed by atoms with Crippen LogP contribution in [0.15, 0.2) is 11.1 Å². The van der Waals surface area contributed by atoms with E-state index in [1.165, 1.54) is 11.1 Å². The number of carbonyl (C=O) groups excluding carboxylic acids is 3. The number of esters is 1. The van der Waals surface area contributed by atoms with Crippen molar-refractivity contribution in [3.8, 4) is 0 Å². The van der Waals surface area contributed by atoms with Crippen molar-refractivity contribution < 1.29 is 19.1 Å². The molecule has 0 bridgehead atoms. The first kappa shape index (κ1) is 33.7. The van der Waals surface area contributed by atoms with Crippen molar-refractivity contribution in [2.75, 3.05) is 0 Å². The lowest BCUT2D eigenvalue weighted by atomic mass is 9.34. The largest absolute Gasteiger partial charge is 0.462 e. The maximum atomic E-state index is 14.6. The number of nitrogens with one attached hydrogen (secondary N) is 1. The Labute approximate surface area is 268 Å². The molecule has 0 aromatic heterocycles. The summed E-state index contributed by atoms with van der Waals surface area (Å²) in [7, 11) is 0. The average molecular weight is 610 g/mol. The first-order chi connectivity index (χ1) is 20.0. The van der Waals surface area contributed by atoms with Crippen LogP contribution in [-0.4, -0.2) is 29.3 Å². The van der Waals surface area contributed by atoms with Crippen LogP contribution in [0.3, 0.4) is 0 Å². The molecule has 8 atom stereocenters. The van der Waals surface area contributed by atoms with Gasteiger partial charge >= 0.3 is 5.97 Å². The molecule has 5 nitrogen and oxygen atoms in total. The topological polar surface area (TPSA) is 72.5 Å². The molecule has 0 heterocycles. The van der Waals surface area contributed by atoms with E-state index in [9.17, 15) is 14.4 Å². The minimum Gasteiger partial charge on any atom is -0.462 e. The van der Waals surface area contributed by atoms with E-state index in [2.05, 4.69) is 88.4 Å². The van der Waals surface area contributed by atoms with Crippen LogP contribution < -0.4 is 5.32 Å². The van der Waals surface area contributed by atoms with Crippen molar-refractivity contribution >= 4 is 17.7 Å². The Morgan fingerprint density at radius 2 is 1.52 bits per heavy atom. The van der Waals surface area contributed by atoms with Crippen LogP contribution >= 0.6 is 0 Å². The van der Waals surface area contributed by atoms with Gasteiger partial charge in [-0.3, -0.25) is 14.4 Å². The van der Waals surface area contributed by atoms with Gasteiger partial charge in [-0.2, -0.15) is 0 Å². The molecular weight excluding hydrogens is 546 g/mol. The molecule has 5 rings (SSSR count). The highest BCUT2D eigenvalue weighted by atomic mass is 16.5. The minimum absolute atomic E-state index is 0.0262. The molecule has 3 unspecified atom stereocenters. The van der Waals surface area contributed by atoms with E-state index in [4.69, 9.17) is 4.74 Å². The van der Waals surface area contributed by atoms with E-state index >= 15 is 0 Å². The van der Waals surface area contributed by atoms with Gasteiger partial charge in [0.05, 0.1) is 5.41 Å². The van der Waals surface area contributed by atoms with E-state index in [1.807, 2.05) is 0 Å². The number of carbonyl (C=O) groups is 3. The SMILES string of the molecule is CC(=O)O[C@H]1CC[C@@]2(C)C(CC[C@]3(C)C2CCC2=C4C(C(C)C)C(=O)C[C@]4(C(=O)NC(C)(C)C(C)(C)C)CC[C@]23C)C1(C)C. The summed E-state index contributed by atoms with van der Waals surface area (Å²) in [4.78, 5) is 40.6. The fourth-order valence-electron chi connectivity index (χ4n) is 11.8. The molecule has 0 aromatic carbocycles. The average Bonchev–Trinajstić information content (AvgIpc) is 3.18. The molecule has 5 aliphatic rings. The van der Waals surface area contributed by atoms with Gasteiger partial charge in [-0.15, -0.1) is 0 Å². The molecular formula is C39H63NO4. The Bertz CT molecular complexity index is 1270. The van der Waals surface area contributed by atoms with Crippen LogP contribution in [0.1, 0.15) is 148 Å². The highest BCUT2D eigenvalue weighted by molar-refractivity contribution is 6.00. The number of amides is 1. The van der Waals surface area contributed by atoms with E-state index in [0.717, 1.165) is 51.4 Å². The zero-order chi connectivity index (χ0) is 33.1. The molecule has 0 saturated heterocycles. The number of Topliss-reactive ketones (excluding diaryl/α,β-unsaturated/α-hetero) is 1. The predicted molar refractivity (Wildman–Crippen MR) is 177 cm³/mol. The first-order valence-electron chi connectivity index (χ1n) is 17.8. The van der Waals surface area contributed by atoms with Crippen molar-refractivity contribution in [3.63, 3.8) is 0 Å². The van der Waals surface area contributed by atoms with Crippen LogP contribution in [0.2, 0.25) is 0 Å². The van der Waals surface area contributed by atoms with E-state index in [-0.39, 0.29) is 62.7 Å². The molecule has 4 saturated carbocycles. The molecule has 44 heavy (non-hydrogen) atoms. The molecule has 0 radical (unpaired) electrons. The third kappa shape index (κ3) is 4.46. The zero-order valence-electron chi connectivity index (χ0n) is 30.4. The van der Waals surface area contributed by atoms with Crippen LogP contribution in [0.4, 0.5) is 0 Å². The highest BCUT2D eigenvalue weighted by Crippen LogP contribution is 2.76. The van der Waals surface area contributed by atoms with Crippen molar-refractivity contribution in [3.05, 3.63) is 11.1 Å². The van der Waals surface area contributed by atoms with Gasteiger partial charge in [0.25, 0.3) is 0 Å². The van der Waals surface area contributed by atoms with Crippen LogP contribution in [0, 0.1) is 56.2 Å². The Hall–Kier alpha value is -1.65. The molecule has 0 spiro atoms. The van der Waals surface area contributed by atoms with Gasteiger partial charge in [0, 0.05) is 30.2 Å². The van der Waals surface area contributed by atoms with Gasteiger partial charge in [-0.25, -0.2) is 0 Å². The molecule has 0 aromatic rings. The lowest BCUT2D eigenvalue weighted by Gasteiger charge is -2.70. The van der Waals surface area contributed by atoms with Gasteiger partial charge in [-0.05, 0) is 110 Å². The quantitative estimate of drug-likeness (QED) is 0.255. The number of ketones is 1. The summed E-state index contributed by atoms with van der Waals surface area (Å²) in [6.45, 7) is 29.0. The summed E-state index contributed by atoms with van der Waals surface area (Å²) in [5.74, 6) is 1.23. The molecule has 1 amide bonds. The third-order valence-corrected chi connectivity index (χ3v) is 15.3. The minimum atomic E-state index is -0.724. The Balaban J connectivity index is 1.60. The summed E-state index contributed by atoms with van der Waals surface area (Å²) in [6, 6.07) is 0.